The van der Waals surface area contributed by atoms with Crippen molar-refractivity contribution in [2.75, 3.05) is 0 Å². The Morgan fingerprint density at radius 3 is 1.68 bits per heavy atom. The minimum Gasteiger partial charge on any atom is -0.241 e. The maximum absolute atomic E-state index is 4.63. The molecular formula is C23H38N2. The van der Waals surface area contributed by atoms with Crippen LogP contribution in [0.4, 0.5) is 0 Å². The lowest BCUT2D eigenvalue weighted by Crippen LogP contribution is -2.18. The van der Waals surface area contributed by atoms with Crippen LogP contribution in [0.15, 0.2) is 12.4 Å². The van der Waals surface area contributed by atoms with E-state index in [1.165, 1.54) is 82.6 Å². The molecule has 0 spiro atoms. The van der Waals surface area contributed by atoms with Crippen LogP contribution in [0.2, 0.25) is 0 Å². The number of aryl methyl sites for hydroxylation is 1. The highest BCUT2D eigenvalue weighted by Gasteiger charge is 2.26. The van der Waals surface area contributed by atoms with Gasteiger partial charge in [0.05, 0.1) is 0 Å². The van der Waals surface area contributed by atoms with Gasteiger partial charge in [-0.3, -0.25) is 0 Å². The highest BCUT2D eigenvalue weighted by atomic mass is 14.9. The molecule has 1 heterocycles. The third-order valence-electron chi connectivity index (χ3n) is 6.99. The number of hydrogen-bond acceptors (Lipinski definition) is 2. The predicted molar refractivity (Wildman–Crippen MR) is 106 cm³/mol. The molecule has 2 fully saturated rings. The molecule has 2 aliphatic rings. The summed E-state index contributed by atoms with van der Waals surface area (Å²) in [7, 11) is 0. The van der Waals surface area contributed by atoms with Crippen molar-refractivity contribution in [3.05, 3.63) is 23.8 Å². The van der Waals surface area contributed by atoms with Crippen LogP contribution in [0.3, 0.4) is 0 Å². The quantitative estimate of drug-likeness (QED) is 0.551. The summed E-state index contributed by atoms with van der Waals surface area (Å²) in [6, 6.07) is 0. The van der Waals surface area contributed by atoms with Crippen molar-refractivity contribution < 1.29 is 0 Å². The summed E-state index contributed by atoms with van der Waals surface area (Å²) in [5.74, 6) is 4.78. The Balaban J connectivity index is 1.35. The van der Waals surface area contributed by atoms with E-state index < -0.39 is 0 Å². The normalized spacial score (nSPS) is 30.3. The molecule has 0 aromatic carbocycles. The Bertz CT molecular complexity index is 479. The lowest BCUT2D eigenvalue weighted by molar-refractivity contribution is 0.223. The molecule has 1 aromatic rings. The van der Waals surface area contributed by atoms with Crippen molar-refractivity contribution in [2.24, 2.45) is 17.8 Å². The Hall–Kier alpha value is -0.920. The van der Waals surface area contributed by atoms with E-state index in [2.05, 4.69) is 23.8 Å². The molecule has 0 atom stereocenters. The largest absolute Gasteiger partial charge is 0.241 e. The van der Waals surface area contributed by atoms with Gasteiger partial charge in [0.25, 0.3) is 0 Å². The molecule has 0 N–H and O–H groups in total. The van der Waals surface area contributed by atoms with Gasteiger partial charge < -0.3 is 0 Å². The second-order valence-electron chi connectivity index (χ2n) is 8.77. The van der Waals surface area contributed by atoms with E-state index in [9.17, 15) is 0 Å². The van der Waals surface area contributed by atoms with Crippen molar-refractivity contribution in [2.45, 2.75) is 103 Å². The molecule has 2 saturated carbocycles. The first-order valence-corrected chi connectivity index (χ1v) is 11.1. The average Bonchev–Trinajstić information content (AvgIpc) is 2.68. The Morgan fingerprint density at radius 2 is 1.20 bits per heavy atom. The Labute approximate surface area is 155 Å². The van der Waals surface area contributed by atoms with Gasteiger partial charge in [-0.25, -0.2) is 9.97 Å². The first kappa shape index (κ1) is 18.9. The Kier molecular flexibility index (Phi) is 7.31. The third-order valence-corrected chi connectivity index (χ3v) is 6.99. The van der Waals surface area contributed by atoms with Gasteiger partial charge in [-0.1, -0.05) is 65.2 Å². The molecule has 0 saturated heterocycles. The number of nitrogens with zero attached hydrogens (tertiary/aromatic N) is 2. The molecule has 2 aliphatic carbocycles. The SMILES string of the molecule is CCC[C@H]1CC[C@H](CCC2CCC(c3ncc(CC)cn3)CC2)CC1. The minimum absolute atomic E-state index is 0.617. The molecule has 0 amide bonds. The fraction of sp³-hybridized carbons (Fsp3) is 0.826. The lowest BCUT2D eigenvalue weighted by atomic mass is 9.75. The summed E-state index contributed by atoms with van der Waals surface area (Å²) in [6.07, 6.45) is 22.4. The monoisotopic (exact) mass is 342 g/mol. The van der Waals surface area contributed by atoms with E-state index in [0.717, 1.165) is 30.0 Å². The summed E-state index contributed by atoms with van der Waals surface area (Å²) < 4.78 is 0. The van der Waals surface area contributed by atoms with Gasteiger partial charge in [-0.2, -0.15) is 0 Å². The summed E-state index contributed by atoms with van der Waals surface area (Å²) in [4.78, 5) is 9.26. The van der Waals surface area contributed by atoms with Crippen LogP contribution in [-0.2, 0) is 6.42 Å². The highest BCUT2D eigenvalue weighted by Crippen LogP contribution is 2.39. The minimum atomic E-state index is 0.617. The van der Waals surface area contributed by atoms with Gasteiger partial charge in [0.15, 0.2) is 0 Å². The fourth-order valence-corrected chi connectivity index (χ4v) is 5.16. The van der Waals surface area contributed by atoms with Crippen molar-refractivity contribution in [1.29, 1.82) is 0 Å². The molecule has 0 bridgehead atoms. The van der Waals surface area contributed by atoms with Gasteiger partial charge in [0, 0.05) is 18.3 Å². The molecule has 0 unspecified atom stereocenters. The average molecular weight is 343 g/mol. The van der Waals surface area contributed by atoms with E-state index in [0.29, 0.717) is 5.92 Å². The van der Waals surface area contributed by atoms with Crippen molar-refractivity contribution >= 4 is 0 Å². The molecule has 140 valence electrons. The van der Waals surface area contributed by atoms with Gasteiger partial charge in [0.2, 0.25) is 0 Å². The van der Waals surface area contributed by atoms with E-state index >= 15 is 0 Å². The zero-order chi connectivity index (χ0) is 17.5. The molecular weight excluding hydrogens is 304 g/mol. The summed E-state index contributed by atoms with van der Waals surface area (Å²) in [5.41, 5.74) is 1.26. The molecule has 3 rings (SSSR count). The number of aromatic nitrogens is 2. The molecule has 25 heavy (non-hydrogen) atoms. The molecule has 0 aliphatic heterocycles. The number of rotatable bonds is 7. The maximum atomic E-state index is 4.63. The summed E-state index contributed by atoms with van der Waals surface area (Å²) in [6.45, 7) is 4.51. The smallest absolute Gasteiger partial charge is 0.131 e. The molecule has 2 heteroatoms. The van der Waals surface area contributed by atoms with Crippen LogP contribution in [0, 0.1) is 17.8 Å². The van der Waals surface area contributed by atoms with E-state index in [-0.39, 0.29) is 0 Å². The van der Waals surface area contributed by atoms with Crippen LogP contribution >= 0.6 is 0 Å². The lowest BCUT2D eigenvalue weighted by Gasteiger charge is -2.31. The van der Waals surface area contributed by atoms with Gasteiger partial charge in [-0.15, -0.1) is 0 Å². The van der Waals surface area contributed by atoms with Crippen molar-refractivity contribution in [1.82, 2.24) is 9.97 Å². The van der Waals surface area contributed by atoms with Crippen LogP contribution in [0.5, 0.6) is 0 Å². The first-order chi connectivity index (χ1) is 12.3. The van der Waals surface area contributed by atoms with Crippen molar-refractivity contribution in [3.8, 4) is 0 Å². The van der Waals surface area contributed by atoms with E-state index in [1.807, 2.05) is 12.4 Å². The van der Waals surface area contributed by atoms with E-state index in [1.54, 1.807) is 0 Å². The van der Waals surface area contributed by atoms with E-state index in [4.69, 9.17) is 0 Å². The fourth-order valence-electron chi connectivity index (χ4n) is 5.16. The number of hydrogen-bond donors (Lipinski definition) is 0. The maximum Gasteiger partial charge on any atom is 0.131 e. The van der Waals surface area contributed by atoms with Gasteiger partial charge in [0.1, 0.15) is 5.82 Å². The predicted octanol–water partition coefficient (Wildman–Crippen LogP) is 6.70. The third kappa shape index (κ3) is 5.53. The highest BCUT2D eigenvalue weighted by molar-refractivity contribution is 5.07. The molecule has 0 radical (unpaired) electrons. The van der Waals surface area contributed by atoms with Gasteiger partial charge >= 0.3 is 0 Å². The van der Waals surface area contributed by atoms with Gasteiger partial charge in [-0.05, 0) is 55.4 Å². The summed E-state index contributed by atoms with van der Waals surface area (Å²) in [5, 5.41) is 0. The van der Waals surface area contributed by atoms with Crippen LogP contribution < -0.4 is 0 Å². The first-order valence-electron chi connectivity index (χ1n) is 11.1. The summed E-state index contributed by atoms with van der Waals surface area (Å²) >= 11 is 0. The zero-order valence-corrected chi connectivity index (χ0v) is 16.6. The van der Waals surface area contributed by atoms with Crippen LogP contribution in [0.1, 0.15) is 108 Å². The standard InChI is InChI=1S/C23H38N2/c1-3-5-19-6-8-20(9-7-19)10-11-21-12-14-22(15-13-21)23-24-16-18(4-2)17-25-23/h16-17,19-22H,3-15H2,1-2H3/t19-,20-,21?,22?. The van der Waals surface area contributed by atoms with Crippen molar-refractivity contribution in [3.63, 3.8) is 0 Å². The molecule has 2 nitrogen and oxygen atoms in total. The Morgan fingerprint density at radius 1 is 0.720 bits per heavy atom. The second kappa shape index (κ2) is 9.69. The van der Waals surface area contributed by atoms with Crippen LogP contribution in [-0.4, -0.2) is 9.97 Å². The molecule has 1 aromatic heterocycles. The van der Waals surface area contributed by atoms with Crippen LogP contribution in [0.25, 0.3) is 0 Å². The topological polar surface area (TPSA) is 25.8 Å². The second-order valence-corrected chi connectivity index (χ2v) is 8.77. The zero-order valence-electron chi connectivity index (χ0n) is 16.6.